The van der Waals surface area contributed by atoms with Crippen LogP contribution in [0.25, 0.3) is 11.1 Å². The number of hydrogen-bond acceptors (Lipinski definition) is 4. The van der Waals surface area contributed by atoms with Gasteiger partial charge in [-0.2, -0.15) is 5.10 Å². The average molecular weight is 245 g/mol. The normalized spacial score (nSPS) is 13.7. The van der Waals surface area contributed by atoms with Crippen LogP contribution in [0.2, 0.25) is 0 Å². The molecule has 1 aliphatic heterocycles. The van der Waals surface area contributed by atoms with Crippen LogP contribution >= 0.6 is 0 Å². The second-order valence-corrected chi connectivity index (χ2v) is 4.28. The molecule has 2 heterocycles. The van der Waals surface area contributed by atoms with Crippen molar-refractivity contribution < 1.29 is 9.47 Å². The maximum atomic E-state index is 5.69. The van der Waals surface area contributed by atoms with Crippen molar-refractivity contribution >= 4 is 0 Å². The van der Waals surface area contributed by atoms with Crippen LogP contribution in [0.3, 0.4) is 0 Å². The summed E-state index contributed by atoms with van der Waals surface area (Å²) in [6.07, 6.45) is 1.79. The van der Waals surface area contributed by atoms with E-state index < -0.39 is 0 Å². The number of fused-ring (bicyclic) bond motifs is 1. The van der Waals surface area contributed by atoms with Crippen LogP contribution in [0, 0.1) is 6.92 Å². The molecule has 18 heavy (non-hydrogen) atoms. The Labute approximate surface area is 105 Å². The van der Waals surface area contributed by atoms with Crippen molar-refractivity contribution in [3.05, 3.63) is 29.6 Å². The second-order valence-electron chi connectivity index (χ2n) is 4.28. The van der Waals surface area contributed by atoms with Crippen molar-refractivity contribution in [2.45, 2.75) is 13.5 Å². The van der Waals surface area contributed by atoms with Crippen LogP contribution in [0.1, 0.15) is 11.3 Å². The molecule has 0 saturated carbocycles. The molecule has 0 atom stereocenters. The Bertz CT molecular complexity index is 578. The summed E-state index contributed by atoms with van der Waals surface area (Å²) in [5, 5.41) is 6.96. The largest absolute Gasteiger partial charge is 0.486 e. The number of nitrogens with two attached hydrogens (primary N) is 1. The van der Waals surface area contributed by atoms with Gasteiger partial charge < -0.3 is 15.2 Å². The highest BCUT2D eigenvalue weighted by Crippen LogP contribution is 2.37. The van der Waals surface area contributed by atoms with Gasteiger partial charge in [0.05, 0.1) is 11.9 Å². The zero-order valence-electron chi connectivity index (χ0n) is 10.2. The van der Waals surface area contributed by atoms with E-state index in [9.17, 15) is 0 Å². The number of aromatic nitrogens is 2. The van der Waals surface area contributed by atoms with Crippen LogP contribution in [0.15, 0.2) is 18.3 Å². The predicted molar refractivity (Wildman–Crippen MR) is 67.6 cm³/mol. The number of benzene rings is 1. The molecule has 0 radical (unpaired) electrons. The Morgan fingerprint density at radius 3 is 2.67 bits per heavy atom. The lowest BCUT2D eigenvalue weighted by Crippen LogP contribution is -2.15. The van der Waals surface area contributed by atoms with Gasteiger partial charge in [0.25, 0.3) is 0 Å². The van der Waals surface area contributed by atoms with Crippen LogP contribution in [0.5, 0.6) is 11.5 Å². The van der Waals surface area contributed by atoms with Gasteiger partial charge in [-0.1, -0.05) is 0 Å². The molecule has 0 unspecified atom stereocenters. The van der Waals surface area contributed by atoms with Crippen molar-refractivity contribution in [3.8, 4) is 22.6 Å². The SMILES string of the molecule is Cc1cc2c(cc1-c1cn[nH]c1CN)OCCO2. The average Bonchev–Trinajstić information content (AvgIpc) is 2.86. The van der Waals surface area contributed by atoms with E-state index in [1.807, 2.05) is 19.1 Å². The maximum Gasteiger partial charge on any atom is 0.161 e. The zero-order valence-corrected chi connectivity index (χ0v) is 10.2. The molecule has 0 bridgehead atoms. The van der Waals surface area contributed by atoms with Gasteiger partial charge in [0.1, 0.15) is 13.2 Å². The second kappa shape index (κ2) is 4.34. The van der Waals surface area contributed by atoms with Gasteiger partial charge in [-0.05, 0) is 30.2 Å². The zero-order chi connectivity index (χ0) is 12.5. The highest BCUT2D eigenvalue weighted by atomic mass is 16.6. The van der Waals surface area contributed by atoms with Crippen molar-refractivity contribution in [2.75, 3.05) is 13.2 Å². The Morgan fingerprint density at radius 1 is 1.22 bits per heavy atom. The molecule has 0 fully saturated rings. The lowest BCUT2D eigenvalue weighted by atomic mass is 10.00. The van der Waals surface area contributed by atoms with Gasteiger partial charge >= 0.3 is 0 Å². The molecule has 0 spiro atoms. The Hall–Kier alpha value is -2.01. The monoisotopic (exact) mass is 245 g/mol. The third-order valence-electron chi connectivity index (χ3n) is 3.10. The topological polar surface area (TPSA) is 73.2 Å². The van der Waals surface area contributed by atoms with E-state index in [1.54, 1.807) is 6.20 Å². The van der Waals surface area contributed by atoms with Crippen LogP contribution in [-0.2, 0) is 6.54 Å². The summed E-state index contributed by atoms with van der Waals surface area (Å²) in [7, 11) is 0. The number of nitrogens with one attached hydrogen (secondary N) is 1. The third-order valence-corrected chi connectivity index (χ3v) is 3.10. The van der Waals surface area contributed by atoms with Gasteiger partial charge in [0, 0.05) is 12.1 Å². The summed E-state index contributed by atoms with van der Waals surface area (Å²) in [4.78, 5) is 0. The van der Waals surface area contributed by atoms with Crippen molar-refractivity contribution in [3.63, 3.8) is 0 Å². The quantitative estimate of drug-likeness (QED) is 0.843. The van der Waals surface area contributed by atoms with Crippen molar-refractivity contribution in [1.82, 2.24) is 10.2 Å². The maximum absolute atomic E-state index is 5.69. The molecule has 0 amide bonds. The minimum absolute atomic E-state index is 0.434. The van der Waals surface area contributed by atoms with Crippen LogP contribution in [0.4, 0.5) is 0 Å². The fourth-order valence-electron chi connectivity index (χ4n) is 2.18. The first-order valence-electron chi connectivity index (χ1n) is 5.92. The molecule has 1 aromatic heterocycles. The van der Waals surface area contributed by atoms with E-state index in [1.165, 1.54) is 0 Å². The van der Waals surface area contributed by atoms with Crippen molar-refractivity contribution in [2.24, 2.45) is 5.73 Å². The molecular formula is C13H15N3O2. The summed E-state index contributed by atoms with van der Waals surface area (Å²) in [6, 6.07) is 3.99. The fraction of sp³-hybridized carbons (Fsp3) is 0.308. The number of aryl methyl sites for hydroxylation is 1. The van der Waals surface area contributed by atoms with E-state index in [2.05, 4.69) is 10.2 Å². The number of rotatable bonds is 2. The lowest BCUT2D eigenvalue weighted by Gasteiger charge is -2.20. The first-order chi connectivity index (χ1) is 8.79. The first-order valence-corrected chi connectivity index (χ1v) is 5.92. The molecule has 1 aromatic carbocycles. The number of H-pyrrole nitrogens is 1. The number of hydrogen-bond donors (Lipinski definition) is 2. The molecule has 0 saturated heterocycles. The lowest BCUT2D eigenvalue weighted by molar-refractivity contribution is 0.171. The van der Waals surface area contributed by atoms with Gasteiger partial charge in [-0.3, -0.25) is 5.10 Å². The molecule has 94 valence electrons. The molecule has 5 nitrogen and oxygen atoms in total. The predicted octanol–water partition coefficient (Wildman–Crippen LogP) is 1.62. The molecule has 3 rings (SSSR count). The summed E-state index contributed by atoms with van der Waals surface area (Å²) in [5.41, 5.74) is 9.84. The van der Waals surface area contributed by atoms with Gasteiger partial charge in [-0.15, -0.1) is 0 Å². The summed E-state index contributed by atoms with van der Waals surface area (Å²) in [6.45, 7) is 3.67. The summed E-state index contributed by atoms with van der Waals surface area (Å²) < 4.78 is 11.2. The molecule has 2 aromatic rings. The summed E-state index contributed by atoms with van der Waals surface area (Å²) in [5.74, 6) is 1.59. The molecule has 1 aliphatic rings. The number of ether oxygens (including phenoxy) is 2. The molecule has 5 heteroatoms. The fourth-order valence-corrected chi connectivity index (χ4v) is 2.18. The third kappa shape index (κ3) is 1.73. The van der Waals surface area contributed by atoms with E-state index >= 15 is 0 Å². The molecule has 0 aliphatic carbocycles. The smallest absolute Gasteiger partial charge is 0.161 e. The number of nitrogens with zero attached hydrogens (tertiary/aromatic N) is 1. The van der Waals surface area contributed by atoms with Crippen LogP contribution in [-0.4, -0.2) is 23.4 Å². The van der Waals surface area contributed by atoms with Gasteiger partial charge in [0.15, 0.2) is 11.5 Å². The minimum atomic E-state index is 0.434. The number of aromatic amines is 1. The van der Waals surface area contributed by atoms with E-state index in [0.29, 0.717) is 19.8 Å². The summed E-state index contributed by atoms with van der Waals surface area (Å²) >= 11 is 0. The Kier molecular flexibility index (Phi) is 2.68. The van der Waals surface area contributed by atoms with Crippen LogP contribution < -0.4 is 15.2 Å². The van der Waals surface area contributed by atoms with Gasteiger partial charge in [0.2, 0.25) is 0 Å². The minimum Gasteiger partial charge on any atom is -0.486 e. The standard InChI is InChI=1S/C13H15N3O2/c1-8-4-12-13(18-3-2-17-12)5-9(8)10-7-15-16-11(10)6-14/h4-5,7H,2-3,6,14H2,1H3,(H,15,16). The van der Waals surface area contributed by atoms with E-state index in [-0.39, 0.29) is 0 Å². The van der Waals surface area contributed by atoms with Crippen molar-refractivity contribution in [1.29, 1.82) is 0 Å². The molecular weight excluding hydrogens is 230 g/mol. The Balaban J connectivity index is 2.12. The molecule has 3 N–H and O–H groups in total. The van der Waals surface area contributed by atoms with Gasteiger partial charge in [-0.25, -0.2) is 0 Å². The van der Waals surface area contributed by atoms with E-state index in [0.717, 1.165) is 33.9 Å². The Morgan fingerprint density at radius 2 is 1.94 bits per heavy atom. The first kappa shape index (κ1) is 11.1. The van der Waals surface area contributed by atoms with E-state index in [4.69, 9.17) is 15.2 Å². The highest BCUT2D eigenvalue weighted by molar-refractivity contribution is 5.72. The highest BCUT2D eigenvalue weighted by Gasteiger charge is 2.17.